The number of ether oxygens (including phenoxy) is 1. The summed E-state index contributed by atoms with van der Waals surface area (Å²) in [6.07, 6.45) is -1.86. The van der Waals surface area contributed by atoms with Crippen LogP contribution in [-0.4, -0.2) is 39.3 Å². The Balaban J connectivity index is 2.25. The van der Waals surface area contributed by atoms with Gasteiger partial charge in [0.25, 0.3) is 0 Å². The van der Waals surface area contributed by atoms with Crippen molar-refractivity contribution in [1.29, 1.82) is 0 Å². The molecule has 68 valence electrons. The van der Waals surface area contributed by atoms with Crippen molar-refractivity contribution in [2.24, 2.45) is 5.92 Å². The van der Waals surface area contributed by atoms with E-state index >= 15 is 0 Å². The lowest BCUT2D eigenvalue weighted by Crippen LogP contribution is -2.52. The summed E-state index contributed by atoms with van der Waals surface area (Å²) in [6, 6.07) is 0. The first-order valence-electron chi connectivity index (χ1n) is 3.84. The van der Waals surface area contributed by atoms with Gasteiger partial charge in [-0.3, -0.25) is 4.79 Å². The maximum Gasteiger partial charge on any atom is 0.309 e. The first-order valence-corrected chi connectivity index (χ1v) is 3.84. The monoisotopic (exact) mass is 174 g/mol. The van der Waals surface area contributed by atoms with Gasteiger partial charge in [-0.25, -0.2) is 0 Å². The summed E-state index contributed by atoms with van der Waals surface area (Å²) in [7, 11) is 0. The molecule has 3 atom stereocenters. The number of aliphatic hydroxyl groups is 3. The minimum absolute atomic E-state index is 0.135. The van der Waals surface area contributed by atoms with Crippen molar-refractivity contribution >= 4 is 5.97 Å². The number of hydrogen-bond donors (Lipinski definition) is 3. The molecule has 0 aromatic rings. The molecule has 0 amide bonds. The number of esters is 1. The number of carbonyl (C=O) groups excluding carboxylic acids is 1. The number of carbonyl (C=O) groups is 1. The standard InChI is InChI=1S/C7H10O5/c8-5-4-1-3(6(9)12-4)2-7(5,10)11/h3-5,8,10-11H,1-2H2. The highest BCUT2D eigenvalue weighted by Gasteiger charge is 2.54. The highest BCUT2D eigenvalue weighted by Crippen LogP contribution is 2.38. The van der Waals surface area contributed by atoms with Gasteiger partial charge in [-0.1, -0.05) is 0 Å². The van der Waals surface area contributed by atoms with Gasteiger partial charge in [-0.05, 0) is 0 Å². The highest BCUT2D eigenvalue weighted by atomic mass is 16.6. The number of hydrogen-bond acceptors (Lipinski definition) is 5. The van der Waals surface area contributed by atoms with E-state index in [4.69, 9.17) is 4.74 Å². The Labute approximate surface area is 68.6 Å². The van der Waals surface area contributed by atoms with E-state index in [2.05, 4.69) is 0 Å². The van der Waals surface area contributed by atoms with Crippen molar-refractivity contribution < 1.29 is 24.9 Å². The lowest BCUT2D eigenvalue weighted by molar-refractivity contribution is -0.257. The average Bonchev–Trinajstić information content (AvgIpc) is 2.26. The van der Waals surface area contributed by atoms with E-state index < -0.39 is 29.9 Å². The summed E-state index contributed by atoms with van der Waals surface area (Å²) in [4.78, 5) is 10.9. The van der Waals surface area contributed by atoms with E-state index in [0.717, 1.165) is 0 Å². The number of rotatable bonds is 0. The topological polar surface area (TPSA) is 87.0 Å². The summed E-state index contributed by atoms with van der Waals surface area (Å²) in [5.74, 6) is -3.07. The zero-order chi connectivity index (χ0) is 8.93. The Morgan fingerprint density at radius 1 is 1.50 bits per heavy atom. The van der Waals surface area contributed by atoms with E-state index in [-0.39, 0.29) is 6.42 Å². The highest BCUT2D eigenvalue weighted by molar-refractivity contribution is 5.75. The van der Waals surface area contributed by atoms with Crippen LogP contribution in [0.3, 0.4) is 0 Å². The van der Waals surface area contributed by atoms with Crippen LogP contribution in [-0.2, 0) is 9.53 Å². The van der Waals surface area contributed by atoms with Crippen molar-refractivity contribution in [3.8, 4) is 0 Å². The molecule has 0 aromatic carbocycles. The molecule has 12 heavy (non-hydrogen) atoms. The Kier molecular flexibility index (Phi) is 1.45. The van der Waals surface area contributed by atoms with Crippen LogP contribution in [0.4, 0.5) is 0 Å². The van der Waals surface area contributed by atoms with Gasteiger partial charge in [0.2, 0.25) is 0 Å². The summed E-state index contributed by atoms with van der Waals surface area (Å²) < 4.78 is 4.72. The Bertz CT molecular complexity index is 224. The lowest BCUT2D eigenvalue weighted by Gasteiger charge is -2.33. The van der Waals surface area contributed by atoms with E-state index in [1.165, 1.54) is 0 Å². The van der Waals surface area contributed by atoms with E-state index in [1.807, 2.05) is 0 Å². The normalized spacial score (nSPS) is 44.2. The first-order chi connectivity index (χ1) is 5.50. The van der Waals surface area contributed by atoms with Gasteiger partial charge in [-0.2, -0.15) is 0 Å². The second-order valence-electron chi connectivity index (χ2n) is 3.44. The third kappa shape index (κ3) is 0.939. The van der Waals surface area contributed by atoms with E-state index in [1.54, 1.807) is 0 Å². The third-order valence-electron chi connectivity index (χ3n) is 2.49. The molecule has 5 heteroatoms. The molecule has 0 radical (unpaired) electrons. The smallest absolute Gasteiger partial charge is 0.309 e. The van der Waals surface area contributed by atoms with Gasteiger partial charge in [0.05, 0.1) is 5.92 Å². The second kappa shape index (κ2) is 2.18. The largest absolute Gasteiger partial charge is 0.459 e. The average molecular weight is 174 g/mol. The maximum absolute atomic E-state index is 10.9. The molecule has 1 aliphatic heterocycles. The van der Waals surface area contributed by atoms with Gasteiger partial charge in [0.1, 0.15) is 12.2 Å². The molecule has 0 spiro atoms. The number of aliphatic hydroxyl groups excluding tert-OH is 1. The molecule has 2 rings (SSSR count). The summed E-state index contributed by atoms with van der Waals surface area (Å²) >= 11 is 0. The van der Waals surface area contributed by atoms with Crippen molar-refractivity contribution in [3.05, 3.63) is 0 Å². The van der Waals surface area contributed by atoms with Crippen LogP contribution in [0.5, 0.6) is 0 Å². The van der Waals surface area contributed by atoms with Gasteiger partial charge in [0.15, 0.2) is 5.79 Å². The minimum atomic E-state index is -2.17. The van der Waals surface area contributed by atoms with E-state index in [0.29, 0.717) is 6.42 Å². The first kappa shape index (κ1) is 7.97. The van der Waals surface area contributed by atoms with Gasteiger partial charge in [-0.15, -0.1) is 0 Å². The molecule has 1 saturated heterocycles. The summed E-state index contributed by atoms with van der Waals surface area (Å²) in [5.41, 5.74) is 0. The van der Waals surface area contributed by atoms with Gasteiger partial charge in [0, 0.05) is 12.8 Å². The summed E-state index contributed by atoms with van der Waals surface area (Å²) in [5, 5.41) is 27.7. The molecule has 1 saturated carbocycles. The molecule has 2 fully saturated rings. The molecule has 2 bridgehead atoms. The molecule has 3 unspecified atom stereocenters. The molecular formula is C7H10O5. The van der Waals surface area contributed by atoms with Crippen LogP contribution in [0.2, 0.25) is 0 Å². The molecule has 3 N–H and O–H groups in total. The zero-order valence-corrected chi connectivity index (χ0v) is 6.30. The van der Waals surface area contributed by atoms with Crippen LogP contribution in [0.1, 0.15) is 12.8 Å². The van der Waals surface area contributed by atoms with Crippen LogP contribution in [0.25, 0.3) is 0 Å². The van der Waals surface area contributed by atoms with Crippen molar-refractivity contribution in [2.75, 3.05) is 0 Å². The van der Waals surface area contributed by atoms with Crippen molar-refractivity contribution in [3.63, 3.8) is 0 Å². The molecule has 1 heterocycles. The van der Waals surface area contributed by atoms with Crippen LogP contribution in [0, 0.1) is 5.92 Å². The molecule has 0 aromatic heterocycles. The molecule has 1 aliphatic carbocycles. The molecule has 2 aliphatic rings. The minimum Gasteiger partial charge on any atom is -0.459 e. The second-order valence-corrected chi connectivity index (χ2v) is 3.44. The lowest BCUT2D eigenvalue weighted by atomic mass is 9.83. The SMILES string of the molecule is O=C1OC2CC1CC(O)(O)C2O. The zero-order valence-electron chi connectivity index (χ0n) is 6.30. The van der Waals surface area contributed by atoms with Crippen molar-refractivity contribution in [1.82, 2.24) is 0 Å². The fraction of sp³-hybridized carbons (Fsp3) is 0.857. The van der Waals surface area contributed by atoms with Gasteiger partial charge >= 0.3 is 5.97 Å². The molecular weight excluding hydrogens is 164 g/mol. The predicted molar refractivity (Wildman–Crippen MR) is 35.8 cm³/mol. The van der Waals surface area contributed by atoms with Gasteiger partial charge < -0.3 is 20.1 Å². The fourth-order valence-electron chi connectivity index (χ4n) is 1.81. The Morgan fingerprint density at radius 3 is 2.83 bits per heavy atom. The Morgan fingerprint density at radius 2 is 2.17 bits per heavy atom. The number of fused-ring (bicyclic) bond motifs is 2. The van der Waals surface area contributed by atoms with E-state index in [9.17, 15) is 20.1 Å². The van der Waals surface area contributed by atoms with Crippen LogP contribution >= 0.6 is 0 Å². The van der Waals surface area contributed by atoms with Crippen molar-refractivity contribution in [2.45, 2.75) is 30.8 Å². The quantitative estimate of drug-likeness (QED) is 0.303. The maximum atomic E-state index is 10.9. The third-order valence-corrected chi connectivity index (χ3v) is 2.49. The summed E-state index contributed by atoms with van der Waals surface area (Å²) in [6.45, 7) is 0. The fourth-order valence-corrected chi connectivity index (χ4v) is 1.81. The predicted octanol–water partition coefficient (Wildman–Crippen LogP) is -1.64. The van der Waals surface area contributed by atoms with Crippen LogP contribution in [0.15, 0.2) is 0 Å². The Hall–Kier alpha value is -0.650. The van der Waals surface area contributed by atoms with Crippen LogP contribution < -0.4 is 0 Å². The molecule has 5 nitrogen and oxygen atoms in total.